The molecule has 13 nitrogen and oxygen atoms in total. The number of hydrogen-bond donors (Lipinski definition) is 8. The van der Waals surface area contributed by atoms with Crippen molar-refractivity contribution in [2.75, 3.05) is 6.54 Å². The van der Waals surface area contributed by atoms with Crippen LogP contribution in [0, 0.1) is 5.92 Å². The third-order valence-corrected chi connectivity index (χ3v) is 6.40. The molecule has 218 valence electrons. The monoisotopic (exact) mass is 550 g/mol. The highest BCUT2D eigenvalue weighted by Crippen LogP contribution is 2.13. The molecule has 0 aliphatic carbocycles. The quantitative estimate of drug-likeness (QED) is 0.107. The van der Waals surface area contributed by atoms with E-state index in [1.54, 1.807) is 19.1 Å². The highest BCUT2D eigenvalue weighted by atomic mass is 16.4. The zero-order chi connectivity index (χ0) is 29.5. The number of amides is 4. The third-order valence-electron chi connectivity index (χ3n) is 6.40. The summed E-state index contributed by atoms with van der Waals surface area (Å²) in [6, 6.07) is 1.60. The lowest BCUT2D eigenvalue weighted by molar-refractivity contribution is -0.143. The summed E-state index contributed by atoms with van der Waals surface area (Å²) < 4.78 is 0. The number of carbonyl (C=O) groups is 5. The number of rotatable bonds is 18. The molecule has 0 radical (unpaired) electrons. The van der Waals surface area contributed by atoms with Crippen molar-refractivity contribution in [1.82, 2.24) is 16.0 Å². The number of carboxylic acids is 1. The van der Waals surface area contributed by atoms with Crippen LogP contribution in [0.15, 0.2) is 24.3 Å². The van der Waals surface area contributed by atoms with Gasteiger partial charge in [-0.3, -0.25) is 19.2 Å². The van der Waals surface area contributed by atoms with Gasteiger partial charge in [-0.05, 0) is 62.3 Å². The van der Waals surface area contributed by atoms with Crippen molar-refractivity contribution >= 4 is 29.6 Å². The number of hydrogen-bond acceptors (Lipinski definition) is 8. The van der Waals surface area contributed by atoms with Crippen molar-refractivity contribution in [3.05, 3.63) is 29.8 Å². The molecule has 13 heteroatoms. The average Bonchev–Trinajstić information content (AvgIpc) is 2.89. The Morgan fingerprint density at radius 2 is 1.51 bits per heavy atom. The second-order valence-corrected chi connectivity index (χ2v) is 9.60. The van der Waals surface area contributed by atoms with Crippen LogP contribution in [0.3, 0.4) is 0 Å². The van der Waals surface area contributed by atoms with Gasteiger partial charge in [-0.15, -0.1) is 0 Å². The highest BCUT2D eigenvalue weighted by Gasteiger charge is 2.32. The Labute approximate surface area is 228 Å². The Balaban J connectivity index is 3.00. The second-order valence-electron chi connectivity index (χ2n) is 9.60. The summed E-state index contributed by atoms with van der Waals surface area (Å²) in [5.74, 6) is -4.29. The Hall–Kier alpha value is -3.71. The van der Waals surface area contributed by atoms with Gasteiger partial charge in [-0.25, -0.2) is 4.79 Å². The van der Waals surface area contributed by atoms with Gasteiger partial charge >= 0.3 is 5.97 Å². The number of phenols is 1. The summed E-state index contributed by atoms with van der Waals surface area (Å²) in [4.78, 5) is 62.1. The van der Waals surface area contributed by atoms with E-state index in [-0.39, 0.29) is 37.4 Å². The van der Waals surface area contributed by atoms with Gasteiger partial charge in [0.1, 0.15) is 23.9 Å². The maximum Gasteiger partial charge on any atom is 0.326 e. The number of unbranched alkanes of at least 4 members (excludes halogenated alkanes) is 1. The molecule has 1 aromatic carbocycles. The van der Waals surface area contributed by atoms with Crippen molar-refractivity contribution in [2.24, 2.45) is 23.1 Å². The molecule has 5 unspecified atom stereocenters. The predicted molar refractivity (Wildman–Crippen MR) is 144 cm³/mol. The number of carbonyl (C=O) groups excluding carboxylic acids is 4. The molecule has 0 aliphatic rings. The van der Waals surface area contributed by atoms with E-state index in [0.29, 0.717) is 31.4 Å². The Bertz CT molecular complexity index is 972. The van der Waals surface area contributed by atoms with E-state index < -0.39 is 53.8 Å². The number of nitrogens with two attached hydrogens (primary N) is 3. The van der Waals surface area contributed by atoms with E-state index >= 15 is 0 Å². The molecule has 0 aliphatic heterocycles. The average molecular weight is 551 g/mol. The minimum atomic E-state index is -1.23. The maximum atomic E-state index is 13.2. The predicted octanol–water partition coefficient (Wildman–Crippen LogP) is -0.758. The lowest BCUT2D eigenvalue weighted by Crippen LogP contribution is -2.58. The highest BCUT2D eigenvalue weighted by molar-refractivity contribution is 5.94. The number of aromatic hydroxyl groups is 1. The molecule has 5 atom stereocenters. The number of nitrogens with one attached hydrogen (secondary N) is 3. The van der Waals surface area contributed by atoms with Crippen LogP contribution in [0.25, 0.3) is 0 Å². The van der Waals surface area contributed by atoms with Crippen LogP contribution in [0.2, 0.25) is 0 Å². The van der Waals surface area contributed by atoms with E-state index in [1.807, 2.05) is 6.92 Å². The summed E-state index contributed by atoms with van der Waals surface area (Å²) in [6.45, 7) is 3.92. The van der Waals surface area contributed by atoms with Gasteiger partial charge in [0.25, 0.3) is 0 Å². The summed E-state index contributed by atoms with van der Waals surface area (Å²) in [7, 11) is 0. The molecule has 11 N–H and O–H groups in total. The van der Waals surface area contributed by atoms with Gasteiger partial charge in [0, 0.05) is 6.42 Å². The van der Waals surface area contributed by atoms with E-state index in [2.05, 4.69) is 16.0 Å². The van der Waals surface area contributed by atoms with Gasteiger partial charge in [-0.1, -0.05) is 32.4 Å². The molecule has 39 heavy (non-hydrogen) atoms. The van der Waals surface area contributed by atoms with Gasteiger partial charge in [-0.2, -0.15) is 0 Å². The van der Waals surface area contributed by atoms with Crippen LogP contribution < -0.4 is 33.2 Å². The van der Waals surface area contributed by atoms with Crippen LogP contribution >= 0.6 is 0 Å². The van der Waals surface area contributed by atoms with Crippen molar-refractivity contribution in [2.45, 2.75) is 83.0 Å². The Kier molecular flexibility index (Phi) is 14.5. The van der Waals surface area contributed by atoms with Crippen molar-refractivity contribution in [3.8, 4) is 5.75 Å². The first-order valence-electron chi connectivity index (χ1n) is 13.0. The molecule has 0 fully saturated rings. The van der Waals surface area contributed by atoms with Gasteiger partial charge < -0.3 is 43.4 Å². The molecule has 0 spiro atoms. The van der Waals surface area contributed by atoms with Crippen LogP contribution in [0.1, 0.15) is 57.9 Å². The number of benzene rings is 1. The summed E-state index contributed by atoms with van der Waals surface area (Å²) in [6.07, 6.45) is 1.53. The van der Waals surface area contributed by atoms with Crippen molar-refractivity contribution in [1.29, 1.82) is 0 Å². The molecule has 0 bridgehead atoms. The minimum Gasteiger partial charge on any atom is -0.508 e. The molecule has 4 amide bonds. The fourth-order valence-corrected chi connectivity index (χ4v) is 3.78. The first-order chi connectivity index (χ1) is 18.4. The molecule has 0 heterocycles. The lowest BCUT2D eigenvalue weighted by atomic mass is 9.96. The minimum absolute atomic E-state index is 0.0603. The number of phenolic OH excluding ortho intramolecular Hbond substituents is 1. The topological polar surface area (TPSA) is 240 Å². The largest absolute Gasteiger partial charge is 0.508 e. The first-order valence-corrected chi connectivity index (χ1v) is 13.0. The summed E-state index contributed by atoms with van der Waals surface area (Å²) in [5.41, 5.74) is 17.4. The molecular formula is C26H42N6O7. The SMILES string of the molecule is CCC(C)C(NC(=O)C(CCC(N)=O)NC(=O)C(N)Cc1ccc(O)cc1)C(=O)NC(CCCCN)C(=O)O. The van der Waals surface area contributed by atoms with Gasteiger partial charge in [0.05, 0.1) is 6.04 Å². The van der Waals surface area contributed by atoms with Gasteiger partial charge in [0.15, 0.2) is 0 Å². The molecule has 0 saturated carbocycles. The zero-order valence-electron chi connectivity index (χ0n) is 22.5. The van der Waals surface area contributed by atoms with E-state index in [4.69, 9.17) is 17.2 Å². The van der Waals surface area contributed by atoms with Crippen LogP contribution in [-0.2, 0) is 30.4 Å². The standard InChI is InChI=1S/C26H42N6O7/c1-3-15(2)22(25(37)31-20(26(38)39)6-4-5-13-27)32-24(36)19(11-12-21(29)34)30-23(35)18(28)14-16-7-9-17(33)10-8-16/h7-10,15,18-20,22,33H,3-6,11-14,27-28H2,1-2H3,(H2,29,34)(H,30,35)(H,31,37)(H,32,36)(H,38,39). The second kappa shape index (κ2) is 17.0. The Morgan fingerprint density at radius 3 is 2.05 bits per heavy atom. The van der Waals surface area contributed by atoms with E-state index in [0.717, 1.165) is 0 Å². The number of carboxylic acid groups (broad SMARTS) is 1. The molecule has 1 rings (SSSR count). The fourth-order valence-electron chi connectivity index (χ4n) is 3.78. The normalized spacial score (nSPS) is 14.8. The first kappa shape index (κ1) is 33.3. The lowest BCUT2D eigenvalue weighted by Gasteiger charge is -2.28. The van der Waals surface area contributed by atoms with Crippen molar-refractivity contribution in [3.63, 3.8) is 0 Å². The van der Waals surface area contributed by atoms with Crippen LogP contribution in [-0.4, -0.2) is 70.5 Å². The zero-order valence-corrected chi connectivity index (χ0v) is 22.5. The van der Waals surface area contributed by atoms with Gasteiger partial charge in [0.2, 0.25) is 23.6 Å². The Morgan fingerprint density at radius 1 is 0.897 bits per heavy atom. The summed E-state index contributed by atoms with van der Waals surface area (Å²) in [5, 5.41) is 26.5. The maximum absolute atomic E-state index is 13.2. The van der Waals surface area contributed by atoms with Crippen molar-refractivity contribution < 1.29 is 34.2 Å². The third kappa shape index (κ3) is 12.1. The molecular weight excluding hydrogens is 508 g/mol. The summed E-state index contributed by atoms with van der Waals surface area (Å²) >= 11 is 0. The molecule has 0 saturated heterocycles. The van der Waals surface area contributed by atoms with E-state index in [9.17, 15) is 34.2 Å². The fraction of sp³-hybridized carbons (Fsp3) is 0.577. The van der Waals surface area contributed by atoms with Crippen LogP contribution in [0.5, 0.6) is 5.75 Å². The number of primary amides is 1. The van der Waals surface area contributed by atoms with E-state index in [1.165, 1.54) is 12.1 Å². The van der Waals surface area contributed by atoms with Crippen LogP contribution in [0.4, 0.5) is 0 Å². The molecule has 0 aromatic heterocycles. The number of aliphatic carboxylic acids is 1. The molecule has 1 aromatic rings. The smallest absolute Gasteiger partial charge is 0.326 e.